The zero-order chi connectivity index (χ0) is 13.1. The monoisotopic (exact) mass is 426 g/mol. The Hall–Kier alpha value is -1.60. The quantitative estimate of drug-likeness (QED) is 0.769. The van der Waals surface area contributed by atoms with Gasteiger partial charge in [-0.25, -0.2) is 0 Å². The fourth-order valence-corrected chi connectivity index (χ4v) is 1.78. The van der Waals surface area contributed by atoms with Crippen molar-refractivity contribution in [2.24, 2.45) is 0 Å². The van der Waals surface area contributed by atoms with Crippen LogP contribution in [0.3, 0.4) is 0 Å². The van der Waals surface area contributed by atoms with E-state index in [0.29, 0.717) is 16.9 Å². The third-order valence-corrected chi connectivity index (χ3v) is 2.68. The van der Waals surface area contributed by atoms with Gasteiger partial charge in [0.25, 0.3) is 0 Å². The van der Waals surface area contributed by atoms with Crippen LogP contribution in [0.1, 0.15) is 21.5 Å². The van der Waals surface area contributed by atoms with Gasteiger partial charge >= 0.3 is 0 Å². The summed E-state index contributed by atoms with van der Waals surface area (Å²) < 4.78 is 5.15. The molecule has 0 aromatic heterocycles. The molecular formula is C15H14O3W. The number of benzene rings is 2. The normalized spacial score (nSPS) is 9.58. The summed E-state index contributed by atoms with van der Waals surface area (Å²) in [6, 6.07) is 11.6. The van der Waals surface area contributed by atoms with Gasteiger partial charge < -0.3 is 9.84 Å². The third-order valence-electron chi connectivity index (χ3n) is 2.68. The van der Waals surface area contributed by atoms with Gasteiger partial charge in [-0.1, -0.05) is 0 Å². The molecule has 0 heterocycles. The van der Waals surface area contributed by atoms with E-state index in [1.54, 1.807) is 25.3 Å². The van der Waals surface area contributed by atoms with E-state index in [4.69, 9.17) is 4.74 Å². The maximum Gasteiger partial charge on any atom is 0.193 e. The van der Waals surface area contributed by atoms with Gasteiger partial charge in [0, 0.05) is 32.2 Å². The molecular weight excluding hydrogens is 412 g/mol. The van der Waals surface area contributed by atoms with Gasteiger partial charge in [-0.05, 0) is 55.0 Å². The van der Waals surface area contributed by atoms with Crippen molar-refractivity contribution in [2.45, 2.75) is 6.92 Å². The minimum absolute atomic E-state index is 0. The number of rotatable bonds is 3. The molecule has 0 aliphatic heterocycles. The molecule has 0 fully saturated rings. The van der Waals surface area contributed by atoms with Crippen molar-refractivity contribution in [2.75, 3.05) is 7.11 Å². The molecule has 4 heteroatoms. The van der Waals surface area contributed by atoms with Gasteiger partial charge in [0.05, 0.1) is 7.11 Å². The van der Waals surface area contributed by atoms with Crippen LogP contribution in [-0.4, -0.2) is 18.0 Å². The molecule has 0 saturated heterocycles. The van der Waals surface area contributed by atoms with E-state index < -0.39 is 0 Å². The third kappa shape index (κ3) is 3.68. The summed E-state index contributed by atoms with van der Waals surface area (Å²) in [6.45, 7) is 1.91. The Kier molecular flexibility index (Phi) is 5.31. The molecule has 0 radical (unpaired) electrons. The van der Waals surface area contributed by atoms with Crippen molar-refractivity contribution in [3.05, 3.63) is 59.2 Å². The fraction of sp³-hybridized carbons (Fsp3) is 0.133. The molecule has 0 spiro atoms. The van der Waals surface area contributed by atoms with Crippen molar-refractivity contribution in [3.8, 4) is 11.5 Å². The first kappa shape index (κ1) is 15.5. The molecule has 0 aliphatic rings. The number of hydrogen-bond acceptors (Lipinski definition) is 3. The number of carbonyl (C=O) groups is 1. The maximum atomic E-state index is 12.2. The molecule has 0 aliphatic carbocycles. The second-order valence-corrected chi connectivity index (χ2v) is 4.11. The van der Waals surface area contributed by atoms with Crippen molar-refractivity contribution in [1.29, 1.82) is 0 Å². The van der Waals surface area contributed by atoms with Crippen LogP contribution in [0.2, 0.25) is 0 Å². The van der Waals surface area contributed by atoms with Crippen LogP contribution in [0, 0.1) is 6.92 Å². The largest absolute Gasteiger partial charge is 0.508 e. The molecule has 2 aromatic carbocycles. The predicted octanol–water partition coefficient (Wildman–Crippen LogP) is 2.94. The van der Waals surface area contributed by atoms with Crippen LogP contribution in [-0.2, 0) is 21.1 Å². The number of hydrogen-bond donors (Lipinski definition) is 1. The number of phenols is 1. The number of phenolic OH excluding ortho intramolecular Hbond substituents is 1. The number of ketones is 1. The minimum Gasteiger partial charge on any atom is -0.508 e. The van der Waals surface area contributed by atoms with E-state index in [1.165, 1.54) is 12.1 Å². The molecule has 0 atom stereocenters. The van der Waals surface area contributed by atoms with Gasteiger partial charge in [-0.3, -0.25) is 4.79 Å². The summed E-state index contributed by atoms with van der Waals surface area (Å²) in [5.41, 5.74) is 2.09. The molecule has 98 valence electrons. The van der Waals surface area contributed by atoms with Crippen LogP contribution in [0.15, 0.2) is 42.5 Å². The van der Waals surface area contributed by atoms with Gasteiger partial charge in [-0.2, -0.15) is 0 Å². The van der Waals surface area contributed by atoms with E-state index in [1.807, 2.05) is 19.1 Å². The van der Waals surface area contributed by atoms with Gasteiger partial charge in [0.15, 0.2) is 5.78 Å². The zero-order valence-electron chi connectivity index (χ0n) is 10.7. The molecule has 2 rings (SSSR count). The average molecular weight is 426 g/mol. The van der Waals surface area contributed by atoms with E-state index in [2.05, 4.69) is 0 Å². The Morgan fingerprint density at radius 1 is 1.05 bits per heavy atom. The van der Waals surface area contributed by atoms with Gasteiger partial charge in [0.1, 0.15) is 11.5 Å². The number of ether oxygens (including phenoxy) is 1. The van der Waals surface area contributed by atoms with Crippen LogP contribution in [0.25, 0.3) is 0 Å². The Labute approximate surface area is 126 Å². The topological polar surface area (TPSA) is 46.5 Å². The van der Waals surface area contributed by atoms with Crippen molar-refractivity contribution < 1.29 is 35.7 Å². The summed E-state index contributed by atoms with van der Waals surface area (Å²) in [7, 11) is 1.57. The molecule has 2 aromatic rings. The summed E-state index contributed by atoms with van der Waals surface area (Å²) in [4.78, 5) is 12.2. The molecule has 0 bridgehead atoms. The Balaban J connectivity index is 0.00000180. The van der Waals surface area contributed by atoms with Crippen LogP contribution >= 0.6 is 0 Å². The van der Waals surface area contributed by atoms with Crippen LogP contribution < -0.4 is 4.74 Å². The van der Waals surface area contributed by atoms with Crippen molar-refractivity contribution in [3.63, 3.8) is 0 Å². The SMILES string of the molecule is COc1cc(C)cc(C(=O)c2ccc(O)cc2)c1.[W]. The Bertz CT molecular complexity index is 576. The van der Waals surface area contributed by atoms with E-state index in [0.717, 1.165) is 5.56 Å². The number of aromatic hydroxyl groups is 1. The number of methoxy groups -OCH3 is 1. The second-order valence-electron chi connectivity index (χ2n) is 4.11. The van der Waals surface area contributed by atoms with Crippen molar-refractivity contribution >= 4 is 5.78 Å². The number of aryl methyl sites for hydroxylation is 1. The van der Waals surface area contributed by atoms with Crippen molar-refractivity contribution in [1.82, 2.24) is 0 Å². The van der Waals surface area contributed by atoms with Gasteiger partial charge in [0.2, 0.25) is 0 Å². The predicted molar refractivity (Wildman–Crippen MR) is 69.3 cm³/mol. The van der Waals surface area contributed by atoms with E-state index in [9.17, 15) is 9.90 Å². The fourth-order valence-electron chi connectivity index (χ4n) is 1.78. The molecule has 0 unspecified atom stereocenters. The summed E-state index contributed by atoms with van der Waals surface area (Å²) in [5, 5.41) is 9.20. The van der Waals surface area contributed by atoms with Crippen LogP contribution in [0.4, 0.5) is 0 Å². The zero-order valence-corrected chi connectivity index (χ0v) is 13.6. The summed E-state index contributed by atoms with van der Waals surface area (Å²) in [5.74, 6) is 0.725. The first-order valence-corrected chi connectivity index (χ1v) is 5.59. The first-order valence-electron chi connectivity index (χ1n) is 5.59. The Morgan fingerprint density at radius 2 is 1.68 bits per heavy atom. The molecule has 0 amide bonds. The molecule has 1 N–H and O–H groups in total. The van der Waals surface area contributed by atoms with E-state index in [-0.39, 0.29) is 32.6 Å². The molecule has 0 saturated carbocycles. The average Bonchev–Trinajstić information content (AvgIpc) is 2.38. The summed E-state index contributed by atoms with van der Waals surface area (Å²) in [6.07, 6.45) is 0. The minimum atomic E-state index is -0.0861. The first-order chi connectivity index (χ1) is 8.60. The second kappa shape index (κ2) is 6.53. The van der Waals surface area contributed by atoms with Gasteiger partial charge in [-0.15, -0.1) is 0 Å². The Morgan fingerprint density at radius 3 is 2.26 bits per heavy atom. The molecule has 3 nitrogen and oxygen atoms in total. The maximum absolute atomic E-state index is 12.2. The number of carbonyl (C=O) groups excluding carboxylic acids is 1. The van der Waals surface area contributed by atoms with Crippen LogP contribution in [0.5, 0.6) is 11.5 Å². The standard InChI is InChI=1S/C15H14O3.W/c1-10-7-12(9-14(8-10)18-2)15(17)11-3-5-13(16)6-4-11;/h3-9,16H,1-2H3;. The smallest absolute Gasteiger partial charge is 0.193 e. The van der Waals surface area contributed by atoms with E-state index >= 15 is 0 Å². The molecule has 19 heavy (non-hydrogen) atoms. The summed E-state index contributed by atoms with van der Waals surface area (Å²) >= 11 is 0.